The van der Waals surface area contributed by atoms with Crippen LogP contribution in [0.4, 0.5) is 11.4 Å². The average Bonchev–Trinajstić information content (AvgIpc) is 2.99. The molecule has 26 heavy (non-hydrogen) atoms. The number of nitrogens with one attached hydrogen (secondary N) is 1. The maximum absolute atomic E-state index is 12.3. The maximum Gasteiger partial charge on any atom is 0.286 e. The summed E-state index contributed by atoms with van der Waals surface area (Å²) in [6.45, 7) is 0. The predicted octanol–water partition coefficient (Wildman–Crippen LogP) is 3.25. The van der Waals surface area contributed by atoms with Gasteiger partial charge in [0.25, 0.3) is 5.91 Å². The third-order valence-corrected chi connectivity index (χ3v) is 3.90. The number of para-hydroxylation sites is 1. The molecule has 0 atom stereocenters. The summed E-state index contributed by atoms with van der Waals surface area (Å²) in [7, 11) is 3.92. The summed E-state index contributed by atoms with van der Waals surface area (Å²) in [5.41, 5.74) is 8.08. The van der Waals surface area contributed by atoms with Gasteiger partial charge in [-0.2, -0.15) is 0 Å². The van der Waals surface area contributed by atoms with Crippen LogP contribution >= 0.6 is 0 Å². The molecule has 0 bridgehead atoms. The van der Waals surface area contributed by atoms with Crippen molar-refractivity contribution in [3.63, 3.8) is 0 Å². The lowest BCUT2D eigenvalue weighted by Crippen LogP contribution is -2.15. The molecule has 6 heteroatoms. The van der Waals surface area contributed by atoms with Gasteiger partial charge in [-0.3, -0.25) is 9.59 Å². The van der Waals surface area contributed by atoms with E-state index in [2.05, 4.69) is 5.32 Å². The standard InChI is InChI=1S/C20H19N3O3/c1-23(2)14-10-7-13(8-11-14)9-12-17(24)22-18-15-5-3-4-6-16(15)26-19(18)20(21)25/h3-12H,1-2H3,(H2,21,25)(H,22,24). The number of primary amides is 1. The molecule has 2 amide bonds. The monoisotopic (exact) mass is 349 g/mol. The summed E-state index contributed by atoms with van der Waals surface area (Å²) in [4.78, 5) is 25.9. The van der Waals surface area contributed by atoms with Gasteiger partial charge in [-0.05, 0) is 35.9 Å². The van der Waals surface area contributed by atoms with Gasteiger partial charge < -0.3 is 20.4 Å². The number of anilines is 2. The molecule has 1 heterocycles. The Hall–Kier alpha value is -3.54. The molecule has 0 unspecified atom stereocenters. The number of hydrogen-bond acceptors (Lipinski definition) is 4. The molecule has 0 saturated carbocycles. The van der Waals surface area contributed by atoms with Crippen LogP contribution < -0.4 is 16.0 Å². The maximum atomic E-state index is 12.3. The fraction of sp³-hybridized carbons (Fsp3) is 0.100. The first kappa shape index (κ1) is 17.3. The number of nitrogens with two attached hydrogens (primary N) is 1. The highest BCUT2D eigenvalue weighted by Crippen LogP contribution is 2.30. The van der Waals surface area contributed by atoms with Gasteiger partial charge in [0.2, 0.25) is 11.7 Å². The molecule has 3 rings (SSSR count). The van der Waals surface area contributed by atoms with Crippen molar-refractivity contribution in [3.05, 3.63) is 65.9 Å². The van der Waals surface area contributed by atoms with Gasteiger partial charge in [0.1, 0.15) is 11.3 Å². The van der Waals surface area contributed by atoms with Crippen LogP contribution in [-0.2, 0) is 4.79 Å². The van der Waals surface area contributed by atoms with E-state index in [-0.39, 0.29) is 17.4 Å². The average molecular weight is 349 g/mol. The molecule has 3 aromatic rings. The van der Waals surface area contributed by atoms with Crippen LogP contribution in [0.25, 0.3) is 17.0 Å². The van der Waals surface area contributed by atoms with Gasteiger partial charge in [0, 0.05) is 31.2 Å². The summed E-state index contributed by atoms with van der Waals surface area (Å²) in [6.07, 6.45) is 3.10. The third-order valence-electron chi connectivity index (χ3n) is 3.90. The second-order valence-corrected chi connectivity index (χ2v) is 5.98. The Labute approximate surface area is 150 Å². The minimum Gasteiger partial charge on any atom is -0.449 e. The van der Waals surface area contributed by atoms with Crippen molar-refractivity contribution in [2.45, 2.75) is 0 Å². The van der Waals surface area contributed by atoms with E-state index in [1.54, 1.807) is 30.3 Å². The minimum absolute atomic E-state index is 0.0664. The van der Waals surface area contributed by atoms with E-state index in [0.717, 1.165) is 11.3 Å². The van der Waals surface area contributed by atoms with Crippen LogP contribution in [0.5, 0.6) is 0 Å². The fourth-order valence-corrected chi connectivity index (χ4v) is 2.56. The molecule has 132 valence electrons. The Morgan fingerprint density at radius 1 is 1.08 bits per heavy atom. The minimum atomic E-state index is -0.736. The van der Waals surface area contributed by atoms with Crippen LogP contribution in [0.1, 0.15) is 16.1 Å². The Morgan fingerprint density at radius 3 is 2.42 bits per heavy atom. The lowest BCUT2D eigenvalue weighted by atomic mass is 10.2. The quantitative estimate of drug-likeness (QED) is 0.692. The van der Waals surface area contributed by atoms with Crippen molar-refractivity contribution < 1.29 is 14.0 Å². The molecule has 0 fully saturated rings. The van der Waals surface area contributed by atoms with Gasteiger partial charge in [0.15, 0.2) is 0 Å². The topological polar surface area (TPSA) is 88.6 Å². The molecule has 0 aliphatic carbocycles. The Bertz CT molecular complexity index is 985. The van der Waals surface area contributed by atoms with E-state index in [0.29, 0.717) is 11.0 Å². The number of carbonyl (C=O) groups is 2. The Balaban J connectivity index is 1.81. The number of benzene rings is 2. The lowest BCUT2D eigenvalue weighted by molar-refractivity contribution is -0.111. The highest BCUT2D eigenvalue weighted by Gasteiger charge is 2.19. The van der Waals surface area contributed by atoms with E-state index >= 15 is 0 Å². The third kappa shape index (κ3) is 3.59. The number of carbonyl (C=O) groups excluding carboxylic acids is 2. The van der Waals surface area contributed by atoms with Gasteiger partial charge in [-0.1, -0.05) is 24.3 Å². The lowest BCUT2D eigenvalue weighted by Gasteiger charge is -2.11. The first-order chi connectivity index (χ1) is 12.5. The van der Waals surface area contributed by atoms with Gasteiger partial charge in [-0.15, -0.1) is 0 Å². The van der Waals surface area contributed by atoms with E-state index in [9.17, 15) is 9.59 Å². The molecule has 0 saturated heterocycles. The van der Waals surface area contributed by atoms with Crippen molar-refractivity contribution in [2.24, 2.45) is 5.73 Å². The van der Waals surface area contributed by atoms with Crippen molar-refractivity contribution in [3.8, 4) is 0 Å². The SMILES string of the molecule is CN(C)c1ccc(C=CC(=O)Nc2c(C(N)=O)oc3ccccc23)cc1. The summed E-state index contributed by atoms with van der Waals surface area (Å²) in [5, 5.41) is 3.31. The highest BCUT2D eigenvalue weighted by molar-refractivity contribution is 6.13. The molecule has 6 nitrogen and oxygen atoms in total. The molecular weight excluding hydrogens is 330 g/mol. The second kappa shape index (κ2) is 7.14. The number of hydrogen-bond donors (Lipinski definition) is 2. The highest BCUT2D eigenvalue weighted by atomic mass is 16.3. The zero-order valence-corrected chi connectivity index (χ0v) is 14.5. The van der Waals surface area contributed by atoms with Gasteiger partial charge >= 0.3 is 0 Å². The van der Waals surface area contributed by atoms with Gasteiger partial charge in [0.05, 0.1) is 0 Å². The van der Waals surface area contributed by atoms with Crippen LogP contribution in [0.15, 0.2) is 59.0 Å². The van der Waals surface area contributed by atoms with E-state index in [1.807, 2.05) is 43.3 Å². The molecule has 1 aromatic heterocycles. The zero-order chi connectivity index (χ0) is 18.7. The van der Waals surface area contributed by atoms with Gasteiger partial charge in [-0.25, -0.2) is 0 Å². The van der Waals surface area contributed by atoms with E-state index in [1.165, 1.54) is 6.08 Å². The number of furan rings is 1. The summed E-state index contributed by atoms with van der Waals surface area (Å²) < 4.78 is 5.44. The number of nitrogens with zero attached hydrogens (tertiary/aromatic N) is 1. The van der Waals surface area contributed by atoms with E-state index in [4.69, 9.17) is 10.2 Å². The molecule has 0 spiro atoms. The summed E-state index contributed by atoms with van der Waals surface area (Å²) in [6, 6.07) is 14.8. The summed E-state index contributed by atoms with van der Waals surface area (Å²) in [5.74, 6) is -1.18. The smallest absolute Gasteiger partial charge is 0.286 e. The van der Waals surface area contributed by atoms with Crippen molar-refractivity contribution in [1.29, 1.82) is 0 Å². The first-order valence-electron chi connectivity index (χ1n) is 8.03. The number of rotatable bonds is 5. The van der Waals surface area contributed by atoms with Crippen molar-refractivity contribution in [1.82, 2.24) is 0 Å². The number of fused-ring (bicyclic) bond motifs is 1. The summed E-state index contributed by atoms with van der Waals surface area (Å²) >= 11 is 0. The fourth-order valence-electron chi connectivity index (χ4n) is 2.56. The molecule has 0 radical (unpaired) electrons. The van der Waals surface area contributed by atoms with E-state index < -0.39 is 5.91 Å². The van der Waals surface area contributed by atoms with Crippen LogP contribution in [-0.4, -0.2) is 25.9 Å². The molecule has 3 N–H and O–H groups in total. The predicted molar refractivity (Wildman–Crippen MR) is 103 cm³/mol. The zero-order valence-electron chi connectivity index (χ0n) is 14.5. The molecule has 2 aromatic carbocycles. The van der Waals surface area contributed by atoms with Crippen LogP contribution in [0.2, 0.25) is 0 Å². The normalized spacial score (nSPS) is 11.0. The molecular formula is C20H19N3O3. The van der Waals surface area contributed by atoms with Crippen molar-refractivity contribution >= 4 is 40.2 Å². The first-order valence-corrected chi connectivity index (χ1v) is 8.03. The van der Waals surface area contributed by atoms with Crippen LogP contribution in [0.3, 0.4) is 0 Å². The number of amides is 2. The Morgan fingerprint density at radius 2 is 1.77 bits per heavy atom. The second-order valence-electron chi connectivity index (χ2n) is 5.98. The molecule has 0 aliphatic heterocycles. The van der Waals surface area contributed by atoms with Crippen LogP contribution in [0, 0.1) is 0 Å². The molecule has 0 aliphatic rings. The van der Waals surface area contributed by atoms with Crippen molar-refractivity contribution in [2.75, 3.05) is 24.3 Å². The Kier molecular flexibility index (Phi) is 4.75. The largest absolute Gasteiger partial charge is 0.449 e.